The minimum Gasteiger partial charge on any atom is -0.319 e. The molecule has 0 spiro atoms. The average Bonchev–Trinajstić information content (AvgIpc) is 3.88. The fourth-order valence-corrected chi connectivity index (χ4v) is 8.73. The van der Waals surface area contributed by atoms with Crippen molar-refractivity contribution in [1.82, 2.24) is 13.7 Å². The summed E-state index contributed by atoms with van der Waals surface area (Å²) >= 11 is 0. The van der Waals surface area contributed by atoms with Gasteiger partial charge in [-0.2, -0.15) is 0 Å². The molecule has 0 fully saturated rings. The Morgan fingerprint density at radius 2 is 0.873 bits per heavy atom. The maximum Gasteiger partial charge on any atom is 0.211 e. The molecule has 0 unspecified atom stereocenters. The van der Waals surface area contributed by atoms with Crippen molar-refractivity contribution in [2.75, 3.05) is 0 Å². The molecule has 3 heterocycles. The second-order valence-corrected chi connectivity index (χ2v) is 13.9. The SMILES string of the molecule is [C-]#[N+]c1ccc2c(c1)c1ccccc1n2-c1ccc(-c2ccccc2-n2c3ccccc3c3ccc(-n4c5ccccc5c5ccccc54)cc32)cc1[N+]#[C-]. The molecule has 0 atom stereocenters. The van der Waals surface area contributed by atoms with Crippen molar-refractivity contribution in [2.45, 2.75) is 0 Å². The molecule has 254 valence electrons. The zero-order valence-corrected chi connectivity index (χ0v) is 29.5. The molecule has 3 aromatic heterocycles. The van der Waals surface area contributed by atoms with Crippen molar-refractivity contribution in [1.29, 1.82) is 0 Å². The number of hydrogen-bond donors (Lipinski definition) is 0. The first-order chi connectivity index (χ1) is 27.2. The van der Waals surface area contributed by atoms with E-state index in [2.05, 4.69) is 163 Å². The number of hydrogen-bond acceptors (Lipinski definition) is 0. The predicted molar refractivity (Wildman–Crippen MR) is 227 cm³/mol. The standard InChI is InChI=1S/C50H29N5/c1-51-33-24-28-48-41(30-33)39-17-7-12-22-47(39)54(48)49-27-23-32(29-42(49)52-2)35-13-3-8-18-43(35)55-46-21-11-6-16-38(46)40-26-25-34(31-50(40)55)53-44-19-9-4-14-36(44)37-15-5-10-20-45(37)53/h3-31H. The van der Waals surface area contributed by atoms with Crippen molar-refractivity contribution < 1.29 is 0 Å². The maximum atomic E-state index is 8.41. The van der Waals surface area contributed by atoms with Crippen molar-refractivity contribution in [2.24, 2.45) is 0 Å². The number of aromatic nitrogens is 3. The van der Waals surface area contributed by atoms with Crippen LogP contribution in [0, 0.1) is 13.1 Å². The third-order valence-electron chi connectivity index (χ3n) is 11.1. The van der Waals surface area contributed by atoms with Crippen LogP contribution in [0.3, 0.4) is 0 Å². The minimum atomic E-state index is 0.556. The summed E-state index contributed by atoms with van der Waals surface area (Å²) in [5, 5.41) is 6.89. The molecule has 0 aliphatic heterocycles. The summed E-state index contributed by atoms with van der Waals surface area (Å²) in [6.07, 6.45) is 0. The van der Waals surface area contributed by atoms with E-state index in [4.69, 9.17) is 13.1 Å². The molecule has 0 bridgehead atoms. The van der Waals surface area contributed by atoms with Gasteiger partial charge in [0, 0.05) is 38.2 Å². The minimum absolute atomic E-state index is 0.556. The Kier molecular flexibility index (Phi) is 6.61. The number of fused-ring (bicyclic) bond motifs is 9. The van der Waals surface area contributed by atoms with Gasteiger partial charge in [-0.05, 0) is 77.7 Å². The van der Waals surface area contributed by atoms with Gasteiger partial charge in [-0.3, -0.25) is 0 Å². The Morgan fingerprint density at radius 3 is 1.51 bits per heavy atom. The van der Waals surface area contributed by atoms with E-state index < -0.39 is 0 Å². The highest BCUT2D eigenvalue weighted by Gasteiger charge is 2.20. The zero-order chi connectivity index (χ0) is 36.6. The van der Waals surface area contributed by atoms with E-state index in [0.717, 1.165) is 61.0 Å². The molecule has 0 N–H and O–H groups in total. The van der Waals surface area contributed by atoms with Gasteiger partial charge in [-0.25, -0.2) is 9.69 Å². The van der Waals surface area contributed by atoms with Crippen molar-refractivity contribution in [3.05, 3.63) is 199 Å². The lowest BCUT2D eigenvalue weighted by Gasteiger charge is -2.16. The van der Waals surface area contributed by atoms with Crippen LogP contribution in [0.1, 0.15) is 0 Å². The summed E-state index contributed by atoms with van der Waals surface area (Å²) in [4.78, 5) is 7.80. The lowest BCUT2D eigenvalue weighted by Crippen LogP contribution is -1.99. The van der Waals surface area contributed by atoms with E-state index in [1.807, 2.05) is 36.4 Å². The molecule has 0 radical (unpaired) electrons. The summed E-state index contributed by atoms with van der Waals surface area (Å²) in [5.41, 5.74) is 12.7. The van der Waals surface area contributed by atoms with Gasteiger partial charge in [0.15, 0.2) is 5.69 Å². The fraction of sp³-hybridized carbons (Fsp3) is 0. The molecule has 0 amide bonds. The van der Waals surface area contributed by atoms with Crippen LogP contribution in [0.2, 0.25) is 0 Å². The topological polar surface area (TPSA) is 23.5 Å². The summed E-state index contributed by atoms with van der Waals surface area (Å²) in [5.74, 6) is 0. The first kappa shape index (κ1) is 30.7. The van der Waals surface area contributed by atoms with Crippen LogP contribution in [0.4, 0.5) is 11.4 Å². The summed E-state index contributed by atoms with van der Waals surface area (Å²) in [7, 11) is 0. The highest BCUT2D eigenvalue weighted by molar-refractivity contribution is 6.13. The summed E-state index contributed by atoms with van der Waals surface area (Å²) in [6.45, 7) is 16.0. The van der Waals surface area contributed by atoms with Crippen molar-refractivity contribution in [3.63, 3.8) is 0 Å². The molecule has 5 nitrogen and oxygen atoms in total. The second kappa shape index (κ2) is 11.8. The highest BCUT2D eigenvalue weighted by Crippen LogP contribution is 2.42. The van der Waals surface area contributed by atoms with Gasteiger partial charge in [0.05, 0.1) is 57.6 Å². The van der Waals surface area contributed by atoms with E-state index in [1.165, 1.54) is 32.6 Å². The van der Waals surface area contributed by atoms with Crippen LogP contribution in [0.15, 0.2) is 176 Å². The molecule has 55 heavy (non-hydrogen) atoms. The third kappa shape index (κ3) is 4.45. The second-order valence-electron chi connectivity index (χ2n) is 13.9. The van der Waals surface area contributed by atoms with Gasteiger partial charge in [0.1, 0.15) is 0 Å². The number of rotatable bonds is 4. The van der Waals surface area contributed by atoms with E-state index in [0.29, 0.717) is 11.4 Å². The van der Waals surface area contributed by atoms with Crippen LogP contribution in [0.5, 0.6) is 0 Å². The Morgan fingerprint density at radius 1 is 0.345 bits per heavy atom. The van der Waals surface area contributed by atoms with Crippen molar-refractivity contribution in [3.8, 4) is 28.2 Å². The van der Waals surface area contributed by atoms with Gasteiger partial charge in [0.25, 0.3) is 0 Å². The Hall–Kier alpha value is -7.86. The van der Waals surface area contributed by atoms with Crippen LogP contribution in [0.25, 0.3) is 103 Å². The Bertz CT molecular complexity index is 3420. The summed E-state index contributed by atoms with van der Waals surface area (Å²) in [6, 6.07) is 61.4. The first-order valence-corrected chi connectivity index (χ1v) is 18.3. The fourth-order valence-electron chi connectivity index (χ4n) is 8.73. The van der Waals surface area contributed by atoms with Crippen LogP contribution < -0.4 is 0 Å². The highest BCUT2D eigenvalue weighted by atomic mass is 15.0. The molecule has 0 aliphatic rings. The van der Waals surface area contributed by atoms with E-state index in [9.17, 15) is 0 Å². The van der Waals surface area contributed by atoms with E-state index >= 15 is 0 Å². The maximum absolute atomic E-state index is 8.41. The number of para-hydroxylation sites is 5. The number of benzene rings is 8. The molecule has 0 saturated heterocycles. The predicted octanol–water partition coefficient (Wildman–Crippen LogP) is 13.7. The van der Waals surface area contributed by atoms with Crippen LogP contribution in [-0.4, -0.2) is 13.7 Å². The normalized spacial score (nSPS) is 11.6. The van der Waals surface area contributed by atoms with E-state index in [1.54, 1.807) is 0 Å². The van der Waals surface area contributed by atoms with Gasteiger partial charge in [0.2, 0.25) is 5.69 Å². The average molecular weight is 700 g/mol. The number of nitrogens with zero attached hydrogens (tertiary/aromatic N) is 5. The molecule has 0 aliphatic carbocycles. The molecule has 8 aromatic carbocycles. The van der Waals surface area contributed by atoms with Gasteiger partial charge in [-0.15, -0.1) is 0 Å². The smallest absolute Gasteiger partial charge is 0.211 e. The van der Waals surface area contributed by atoms with Gasteiger partial charge in [-0.1, -0.05) is 109 Å². The monoisotopic (exact) mass is 699 g/mol. The quantitative estimate of drug-likeness (QED) is 0.163. The lowest BCUT2D eigenvalue weighted by atomic mass is 10.0. The largest absolute Gasteiger partial charge is 0.319 e. The molecule has 11 rings (SSSR count). The van der Waals surface area contributed by atoms with Crippen LogP contribution >= 0.6 is 0 Å². The summed E-state index contributed by atoms with van der Waals surface area (Å²) < 4.78 is 6.91. The molecule has 11 aromatic rings. The molecular weight excluding hydrogens is 671 g/mol. The van der Waals surface area contributed by atoms with Crippen LogP contribution in [-0.2, 0) is 0 Å². The first-order valence-electron chi connectivity index (χ1n) is 18.3. The van der Waals surface area contributed by atoms with Gasteiger partial charge >= 0.3 is 0 Å². The Balaban J connectivity index is 1.13. The third-order valence-corrected chi connectivity index (χ3v) is 11.1. The van der Waals surface area contributed by atoms with Crippen molar-refractivity contribution >= 4 is 76.8 Å². The Labute approximate surface area is 316 Å². The molecule has 0 saturated carbocycles. The molecular formula is C50H29N5. The van der Waals surface area contributed by atoms with Gasteiger partial charge < -0.3 is 13.7 Å². The lowest BCUT2D eigenvalue weighted by molar-refractivity contribution is 1.15. The van der Waals surface area contributed by atoms with E-state index in [-0.39, 0.29) is 0 Å². The zero-order valence-electron chi connectivity index (χ0n) is 29.5. The molecule has 5 heteroatoms.